The molecule has 1 aromatic heterocycles. The van der Waals surface area contributed by atoms with Crippen LogP contribution in [0.1, 0.15) is 6.92 Å². The Morgan fingerprint density at radius 3 is 2.73 bits per heavy atom. The molecule has 0 fully saturated rings. The Kier molecular flexibility index (Phi) is 5.46. The molecule has 22 heavy (non-hydrogen) atoms. The van der Waals surface area contributed by atoms with E-state index in [2.05, 4.69) is 4.98 Å². The third-order valence-corrected chi connectivity index (χ3v) is 3.80. The first-order chi connectivity index (χ1) is 10.5. The summed E-state index contributed by atoms with van der Waals surface area (Å²) in [7, 11) is 0. The number of anilines is 1. The molecule has 0 unspecified atom stereocenters. The Labute approximate surface area is 136 Å². The van der Waals surface area contributed by atoms with Gasteiger partial charge in [0, 0.05) is 16.8 Å². The Hall–Kier alpha value is -1.99. The van der Waals surface area contributed by atoms with Crippen LogP contribution in [0.5, 0.6) is 0 Å². The van der Waals surface area contributed by atoms with E-state index in [1.165, 1.54) is 6.07 Å². The Bertz CT molecular complexity index is 731. The normalized spacial score (nSPS) is 10.5. The number of nitrogen functional groups attached to an aromatic ring is 1. The molecule has 0 amide bonds. The number of carbonyl (C=O) groups excluding carboxylic acids is 1. The number of rotatable bonds is 5. The maximum Gasteiger partial charge on any atom is 0.316 e. The number of carbonyl (C=O) groups is 1. The summed E-state index contributed by atoms with van der Waals surface area (Å²) in [6.07, 6.45) is 0. The first kappa shape index (κ1) is 16.4. The number of aromatic nitrogens is 2. The predicted molar refractivity (Wildman–Crippen MR) is 86.6 cm³/mol. The lowest BCUT2D eigenvalue weighted by molar-refractivity contribution is -0.139. The number of halogens is 1. The molecule has 0 aliphatic rings. The molecular weight excluding hydrogens is 326 g/mol. The number of esters is 1. The van der Waals surface area contributed by atoms with Crippen molar-refractivity contribution in [1.29, 1.82) is 0 Å². The number of nitrogens with zero attached hydrogens (tertiary/aromatic N) is 2. The fraction of sp³-hybridized carbons (Fsp3) is 0.214. The number of hydrogen-bond acceptors (Lipinski definition) is 6. The van der Waals surface area contributed by atoms with Gasteiger partial charge in [-0.2, -0.15) is 4.98 Å². The van der Waals surface area contributed by atoms with E-state index in [1.54, 1.807) is 35.8 Å². The molecular formula is C14H14ClN3O3S. The van der Waals surface area contributed by atoms with E-state index in [1.807, 2.05) is 0 Å². The molecule has 0 saturated heterocycles. The van der Waals surface area contributed by atoms with Crippen LogP contribution in [-0.2, 0) is 9.53 Å². The number of ether oxygens (including phenoxy) is 1. The molecule has 0 bridgehead atoms. The fourth-order valence-electron chi connectivity index (χ4n) is 1.75. The molecule has 116 valence electrons. The van der Waals surface area contributed by atoms with Gasteiger partial charge in [-0.3, -0.25) is 14.2 Å². The van der Waals surface area contributed by atoms with E-state index in [0.29, 0.717) is 22.5 Å². The Balaban J connectivity index is 2.37. The molecule has 2 N–H and O–H groups in total. The highest BCUT2D eigenvalue weighted by molar-refractivity contribution is 7.99. The third-order valence-electron chi connectivity index (χ3n) is 2.64. The lowest BCUT2D eigenvalue weighted by Gasteiger charge is -2.14. The van der Waals surface area contributed by atoms with Crippen molar-refractivity contribution in [2.24, 2.45) is 0 Å². The van der Waals surface area contributed by atoms with Gasteiger partial charge in [-0.25, -0.2) is 0 Å². The molecule has 0 radical (unpaired) electrons. The maximum absolute atomic E-state index is 11.6. The van der Waals surface area contributed by atoms with Crippen LogP contribution in [0.4, 0.5) is 5.82 Å². The molecule has 1 heterocycles. The Morgan fingerprint density at radius 2 is 2.09 bits per heavy atom. The lowest BCUT2D eigenvalue weighted by atomic mass is 10.3. The van der Waals surface area contributed by atoms with E-state index in [0.717, 1.165) is 11.8 Å². The molecule has 2 aromatic rings. The van der Waals surface area contributed by atoms with Crippen molar-refractivity contribution < 1.29 is 9.53 Å². The summed E-state index contributed by atoms with van der Waals surface area (Å²) < 4.78 is 6.45. The zero-order valence-corrected chi connectivity index (χ0v) is 13.4. The van der Waals surface area contributed by atoms with E-state index < -0.39 is 5.56 Å². The molecule has 0 aliphatic heterocycles. The zero-order valence-electron chi connectivity index (χ0n) is 11.8. The van der Waals surface area contributed by atoms with Crippen LogP contribution in [0, 0.1) is 0 Å². The van der Waals surface area contributed by atoms with Crippen LogP contribution >= 0.6 is 23.4 Å². The Morgan fingerprint density at radius 1 is 1.41 bits per heavy atom. The van der Waals surface area contributed by atoms with Gasteiger partial charge in [0.1, 0.15) is 5.82 Å². The highest BCUT2D eigenvalue weighted by Gasteiger charge is 2.13. The summed E-state index contributed by atoms with van der Waals surface area (Å²) in [5, 5.41) is 0.900. The summed E-state index contributed by atoms with van der Waals surface area (Å²) in [5.41, 5.74) is 6.15. The van der Waals surface area contributed by atoms with E-state index in [4.69, 9.17) is 22.1 Å². The average molecular weight is 340 g/mol. The van der Waals surface area contributed by atoms with Gasteiger partial charge < -0.3 is 10.5 Å². The summed E-state index contributed by atoms with van der Waals surface area (Å²) in [5.74, 6) is -0.113. The number of nitrogens with two attached hydrogens (primary N) is 1. The summed E-state index contributed by atoms with van der Waals surface area (Å²) >= 11 is 6.96. The van der Waals surface area contributed by atoms with Crippen molar-refractivity contribution in [3.8, 4) is 5.69 Å². The van der Waals surface area contributed by atoms with Gasteiger partial charge >= 0.3 is 5.97 Å². The van der Waals surface area contributed by atoms with Crippen molar-refractivity contribution >= 4 is 35.1 Å². The molecule has 0 saturated carbocycles. The molecule has 2 rings (SSSR count). The maximum atomic E-state index is 11.6. The number of hydrogen-bond donors (Lipinski definition) is 1. The number of benzene rings is 1. The van der Waals surface area contributed by atoms with E-state index in [-0.39, 0.29) is 17.5 Å². The molecule has 0 aliphatic carbocycles. The zero-order chi connectivity index (χ0) is 16.1. The first-order valence-electron chi connectivity index (χ1n) is 6.45. The standard InChI is InChI=1S/C14H14ClN3O3S/c1-2-21-13(20)8-22-14-17-12(19)7-11(16)18(14)10-5-3-9(15)4-6-10/h3-7H,2,8,16H2,1H3. The summed E-state index contributed by atoms with van der Waals surface area (Å²) in [6.45, 7) is 2.03. The van der Waals surface area contributed by atoms with Crippen LogP contribution in [0.3, 0.4) is 0 Å². The van der Waals surface area contributed by atoms with Crippen molar-refractivity contribution in [3.05, 3.63) is 45.7 Å². The summed E-state index contributed by atoms with van der Waals surface area (Å²) in [4.78, 5) is 27.0. The molecule has 1 aromatic carbocycles. The van der Waals surface area contributed by atoms with Crippen molar-refractivity contribution in [2.45, 2.75) is 12.1 Å². The van der Waals surface area contributed by atoms with Gasteiger partial charge in [0.25, 0.3) is 5.56 Å². The smallest absolute Gasteiger partial charge is 0.316 e. The van der Waals surface area contributed by atoms with Crippen LogP contribution in [-0.4, -0.2) is 27.9 Å². The average Bonchev–Trinajstić information content (AvgIpc) is 2.46. The van der Waals surface area contributed by atoms with Crippen LogP contribution in [0.2, 0.25) is 5.02 Å². The lowest BCUT2D eigenvalue weighted by Crippen LogP contribution is -2.17. The van der Waals surface area contributed by atoms with Crippen molar-refractivity contribution in [2.75, 3.05) is 18.1 Å². The topological polar surface area (TPSA) is 87.2 Å². The quantitative estimate of drug-likeness (QED) is 0.510. The highest BCUT2D eigenvalue weighted by atomic mass is 35.5. The van der Waals surface area contributed by atoms with E-state index in [9.17, 15) is 9.59 Å². The van der Waals surface area contributed by atoms with Gasteiger partial charge in [0.2, 0.25) is 0 Å². The molecule has 0 atom stereocenters. The molecule has 0 spiro atoms. The second-order valence-electron chi connectivity index (χ2n) is 4.21. The minimum Gasteiger partial charge on any atom is -0.465 e. The predicted octanol–water partition coefficient (Wildman–Crippen LogP) is 2.12. The van der Waals surface area contributed by atoms with Crippen molar-refractivity contribution in [1.82, 2.24) is 9.55 Å². The van der Waals surface area contributed by atoms with Gasteiger partial charge in [-0.15, -0.1) is 0 Å². The van der Waals surface area contributed by atoms with E-state index >= 15 is 0 Å². The van der Waals surface area contributed by atoms with Gasteiger partial charge in [-0.05, 0) is 31.2 Å². The fourth-order valence-corrected chi connectivity index (χ4v) is 2.70. The molecule has 8 heteroatoms. The monoisotopic (exact) mass is 339 g/mol. The van der Waals surface area contributed by atoms with Crippen LogP contribution < -0.4 is 11.3 Å². The van der Waals surface area contributed by atoms with Gasteiger partial charge in [0.15, 0.2) is 5.16 Å². The van der Waals surface area contributed by atoms with Gasteiger partial charge in [-0.1, -0.05) is 23.4 Å². The second kappa shape index (κ2) is 7.33. The van der Waals surface area contributed by atoms with Crippen LogP contribution in [0.15, 0.2) is 40.3 Å². The minimum atomic E-state index is -0.464. The first-order valence-corrected chi connectivity index (χ1v) is 7.81. The van der Waals surface area contributed by atoms with Gasteiger partial charge in [0.05, 0.1) is 12.4 Å². The highest BCUT2D eigenvalue weighted by Crippen LogP contribution is 2.23. The van der Waals surface area contributed by atoms with Crippen molar-refractivity contribution in [3.63, 3.8) is 0 Å². The minimum absolute atomic E-state index is 0.0390. The summed E-state index contributed by atoms with van der Waals surface area (Å²) in [6, 6.07) is 8.13. The largest absolute Gasteiger partial charge is 0.465 e. The SMILES string of the molecule is CCOC(=O)CSc1nc(=O)cc(N)n1-c1ccc(Cl)cc1. The second-order valence-corrected chi connectivity index (χ2v) is 5.59. The molecule has 6 nitrogen and oxygen atoms in total. The third kappa shape index (κ3) is 4.02. The van der Waals surface area contributed by atoms with Crippen LogP contribution in [0.25, 0.3) is 5.69 Å². The number of thioether (sulfide) groups is 1.